The van der Waals surface area contributed by atoms with Gasteiger partial charge >= 0.3 is 0 Å². The van der Waals surface area contributed by atoms with Crippen molar-refractivity contribution in [3.63, 3.8) is 0 Å². The normalized spacial score (nSPS) is 12.0. The van der Waals surface area contributed by atoms with E-state index in [0.717, 1.165) is 17.2 Å². The van der Waals surface area contributed by atoms with Crippen LogP contribution in [0.5, 0.6) is 0 Å². The molecule has 0 spiro atoms. The molecular weight excluding hydrogens is 343 g/mol. The van der Waals surface area contributed by atoms with Gasteiger partial charge in [0.05, 0.1) is 0 Å². The van der Waals surface area contributed by atoms with Crippen molar-refractivity contribution in [2.75, 3.05) is 5.75 Å². The number of hydrogen-bond acceptors (Lipinski definition) is 1. The highest BCUT2D eigenvalue weighted by Gasteiger charge is 2.08. The quantitative estimate of drug-likeness (QED) is 0.263. The molecule has 0 nitrogen and oxygen atoms in total. The zero-order valence-electron chi connectivity index (χ0n) is 14.6. The Hall–Kier alpha value is 0.150. The van der Waals surface area contributed by atoms with Crippen LogP contribution >= 0.6 is 36.6 Å². The predicted molar refractivity (Wildman–Crippen MR) is 112 cm³/mol. The lowest BCUT2D eigenvalue weighted by atomic mass is 9.95. The minimum Gasteiger partial charge on any atom is -0.179 e. The van der Waals surface area contributed by atoms with Crippen LogP contribution in [-0.2, 0) is 6.42 Å². The van der Waals surface area contributed by atoms with E-state index >= 15 is 0 Å². The van der Waals surface area contributed by atoms with Crippen molar-refractivity contribution in [1.82, 2.24) is 0 Å². The average Bonchev–Trinajstić information content (AvgIpc) is 2.54. The molecule has 0 aliphatic carbocycles. The SMILES string of the molecule is CCCCCCCCCCCC(CS)Cc1ccc(Cl)cc1.Cl. The Kier molecular flexibility index (Phi) is 15.8. The molecule has 23 heavy (non-hydrogen) atoms. The molecule has 0 aliphatic heterocycles. The van der Waals surface area contributed by atoms with Crippen molar-refractivity contribution < 1.29 is 0 Å². The number of thiol groups is 1. The summed E-state index contributed by atoms with van der Waals surface area (Å²) in [5, 5.41) is 0.824. The average molecular weight is 377 g/mol. The van der Waals surface area contributed by atoms with Crippen LogP contribution in [0.3, 0.4) is 0 Å². The highest BCUT2D eigenvalue weighted by atomic mass is 35.5. The number of benzene rings is 1. The third kappa shape index (κ3) is 12.2. The largest absolute Gasteiger partial charge is 0.179 e. The fourth-order valence-corrected chi connectivity index (χ4v) is 3.39. The van der Waals surface area contributed by atoms with E-state index in [2.05, 4.69) is 31.7 Å². The number of unbranched alkanes of at least 4 members (excludes halogenated alkanes) is 8. The summed E-state index contributed by atoms with van der Waals surface area (Å²) < 4.78 is 0. The highest BCUT2D eigenvalue weighted by molar-refractivity contribution is 7.80. The summed E-state index contributed by atoms with van der Waals surface area (Å²) in [5.74, 6) is 1.69. The van der Waals surface area contributed by atoms with E-state index in [0.29, 0.717) is 5.92 Å². The first-order valence-electron chi connectivity index (χ1n) is 9.11. The van der Waals surface area contributed by atoms with E-state index in [9.17, 15) is 0 Å². The van der Waals surface area contributed by atoms with Gasteiger partial charge < -0.3 is 0 Å². The second-order valence-electron chi connectivity index (χ2n) is 6.50. The molecule has 1 aromatic carbocycles. The van der Waals surface area contributed by atoms with E-state index < -0.39 is 0 Å². The zero-order chi connectivity index (χ0) is 16.0. The van der Waals surface area contributed by atoms with Crippen LogP contribution in [0.4, 0.5) is 0 Å². The van der Waals surface area contributed by atoms with E-state index in [1.54, 1.807) is 0 Å². The van der Waals surface area contributed by atoms with Crippen molar-refractivity contribution in [3.8, 4) is 0 Å². The van der Waals surface area contributed by atoms with Crippen LogP contribution in [0.25, 0.3) is 0 Å². The summed E-state index contributed by atoms with van der Waals surface area (Å²) in [7, 11) is 0. The van der Waals surface area contributed by atoms with E-state index in [1.807, 2.05) is 12.1 Å². The second kappa shape index (κ2) is 15.7. The van der Waals surface area contributed by atoms with Gasteiger partial charge in [0, 0.05) is 5.02 Å². The Morgan fingerprint density at radius 3 is 1.91 bits per heavy atom. The van der Waals surface area contributed by atoms with Crippen LogP contribution in [0.1, 0.15) is 76.7 Å². The third-order valence-electron chi connectivity index (χ3n) is 4.41. The summed E-state index contributed by atoms with van der Waals surface area (Å²) in [4.78, 5) is 0. The van der Waals surface area contributed by atoms with Crippen LogP contribution in [0.15, 0.2) is 24.3 Å². The molecule has 0 amide bonds. The third-order valence-corrected chi connectivity index (χ3v) is 5.18. The molecule has 1 unspecified atom stereocenters. The first-order chi connectivity index (χ1) is 10.8. The number of hydrogen-bond donors (Lipinski definition) is 1. The summed E-state index contributed by atoms with van der Waals surface area (Å²) in [5.41, 5.74) is 1.39. The van der Waals surface area contributed by atoms with E-state index in [4.69, 9.17) is 11.6 Å². The van der Waals surface area contributed by atoms with Crippen molar-refractivity contribution in [2.45, 2.75) is 77.6 Å². The van der Waals surface area contributed by atoms with Gasteiger partial charge in [0.1, 0.15) is 0 Å². The Morgan fingerprint density at radius 2 is 1.39 bits per heavy atom. The first kappa shape index (κ1) is 23.1. The van der Waals surface area contributed by atoms with Crippen LogP contribution in [0.2, 0.25) is 5.02 Å². The maximum atomic E-state index is 5.94. The van der Waals surface area contributed by atoms with Gasteiger partial charge in [0.2, 0.25) is 0 Å². The van der Waals surface area contributed by atoms with Crippen molar-refractivity contribution in [3.05, 3.63) is 34.9 Å². The molecule has 0 radical (unpaired) electrons. The smallest absolute Gasteiger partial charge is 0.0406 e. The number of halogens is 2. The van der Waals surface area contributed by atoms with Gasteiger partial charge in [-0.2, -0.15) is 12.6 Å². The van der Waals surface area contributed by atoms with Crippen LogP contribution in [-0.4, -0.2) is 5.75 Å². The minimum atomic E-state index is 0. The molecule has 0 N–H and O–H groups in total. The fourth-order valence-electron chi connectivity index (χ4n) is 2.96. The standard InChI is InChI=1S/C20H33ClS.ClH/c1-2-3-4-5-6-7-8-9-10-11-19(17-22)16-18-12-14-20(21)15-13-18;/h12-15,19,22H,2-11,16-17H2,1H3;1H. The van der Waals surface area contributed by atoms with Gasteiger partial charge in [-0.15, -0.1) is 12.4 Å². The molecule has 0 heterocycles. The van der Waals surface area contributed by atoms with Gasteiger partial charge in [0.25, 0.3) is 0 Å². The first-order valence-corrected chi connectivity index (χ1v) is 10.1. The molecule has 0 saturated heterocycles. The molecule has 0 fully saturated rings. The molecule has 0 saturated carbocycles. The lowest BCUT2D eigenvalue weighted by Gasteiger charge is -2.14. The molecule has 1 aromatic rings. The molecule has 0 aromatic heterocycles. The van der Waals surface area contributed by atoms with Crippen molar-refractivity contribution in [2.24, 2.45) is 5.92 Å². The minimum absolute atomic E-state index is 0. The fraction of sp³-hybridized carbons (Fsp3) is 0.700. The van der Waals surface area contributed by atoms with Crippen molar-refractivity contribution in [1.29, 1.82) is 0 Å². The Balaban J connectivity index is 0.00000484. The molecule has 134 valence electrons. The topological polar surface area (TPSA) is 0 Å². The van der Waals surface area contributed by atoms with E-state index in [-0.39, 0.29) is 12.4 Å². The molecule has 0 aliphatic rings. The summed E-state index contributed by atoms with van der Waals surface area (Å²) in [6.45, 7) is 2.28. The lowest BCUT2D eigenvalue weighted by molar-refractivity contribution is 0.484. The maximum Gasteiger partial charge on any atom is 0.0406 e. The van der Waals surface area contributed by atoms with Gasteiger partial charge in [-0.25, -0.2) is 0 Å². The Labute approximate surface area is 160 Å². The Bertz CT molecular complexity index is 364. The van der Waals surface area contributed by atoms with Gasteiger partial charge in [-0.1, -0.05) is 88.4 Å². The Morgan fingerprint density at radius 1 is 0.870 bits per heavy atom. The van der Waals surface area contributed by atoms with Crippen LogP contribution in [0, 0.1) is 5.92 Å². The highest BCUT2D eigenvalue weighted by Crippen LogP contribution is 2.20. The van der Waals surface area contributed by atoms with E-state index in [1.165, 1.54) is 69.8 Å². The molecular formula is C20H34Cl2S. The van der Waals surface area contributed by atoms with Gasteiger partial charge in [-0.05, 0) is 42.2 Å². The molecule has 0 bridgehead atoms. The zero-order valence-corrected chi connectivity index (χ0v) is 17.1. The van der Waals surface area contributed by atoms with Crippen molar-refractivity contribution >= 4 is 36.6 Å². The van der Waals surface area contributed by atoms with Gasteiger partial charge in [-0.3, -0.25) is 0 Å². The summed E-state index contributed by atoms with van der Waals surface area (Å²) in [6, 6.07) is 8.28. The summed E-state index contributed by atoms with van der Waals surface area (Å²) in [6.07, 6.45) is 15.1. The monoisotopic (exact) mass is 376 g/mol. The predicted octanol–water partition coefficient (Wildman–Crippen LogP) is 7.77. The van der Waals surface area contributed by atoms with Crippen LogP contribution < -0.4 is 0 Å². The lowest BCUT2D eigenvalue weighted by Crippen LogP contribution is -2.06. The molecule has 1 atom stereocenters. The molecule has 1 rings (SSSR count). The second-order valence-corrected chi connectivity index (χ2v) is 7.30. The van der Waals surface area contributed by atoms with Gasteiger partial charge in [0.15, 0.2) is 0 Å². The molecule has 3 heteroatoms. The number of rotatable bonds is 13. The summed E-state index contributed by atoms with van der Waals surface area (Å²) >= 11 is 10.5. The maximum absolute atomic E-state index is 5.94.